The first-order chi connectivity index (χ1) is 10.5. The second kappa shape index (κ2) is 7.74. The molecule has 0 aromatic heterocycles. The van der Waals surface area contributed by atoms with E-state index in [0.717, 1.165) is 12.3 Å². The lowest BCUT2D eigenvalue weighted by Gasteiger charge is -2.15. The number of rotatable bonds is 5. The molecule has 5 nitrogen and oxygen atoms in total. The van der Waals surface area contributed by atoms with Crippen molar-refractivity contribution in [2.45, 2.75) is 13.8 Å². The monoisotopic (exact) mass is 342 g/mol. The average Bonchev–Trinajstić information content (AvgIpc) is 2.97. The normalized spacial score (nSPS) is 14.0. The second-order valence-corrected chi connectivity index (χ2v) is 6.67. The molecule has 7 heteroatoms. The van der Waals surface area contributed by atoms with Crippen molar-refractivity contribution >= 4 is 34.4 Å². The first-order valence-corrected chi connectivity index (χ1v) is 8.36. The minimum Gasteiger partial charge on any atom is -0.493 e. The van der Waals surface area contributed by atoms with Crippen LogP contribution in [0.4, 0.5) is 0 Å². The molecule has 0 bridgehead atoms. The molecule has 0 radical (unpaired) electrons. The molecule has 0 saturated heterocycles. The van der Waals surface area contributed by atoms with Crippen molar-refractivity contribution in [1.82, 2.24) is 5.32 Å². The first-order valence-electron chi connectivity index (χ1n) is 7.00. The van der Waals surface area contributed by atoms with E-state index in [9.17, 15) is 4.79 Å². The van der Waals surface area contributed by atoms with E-state index in [1.165, 1.54) is 18.9 Å². The molecule has 0 atom stereocenters. The Kier molecular flexibility index (Phi) is 5.97. The Bertz CT molecular complexity index is 590. The van der Waals surface area contributed by atoms with E-state index in [1.807, 2.05) is 13.8 Å². The summed E-state index contributed by atoms with van der Waals surface area (Å²) in [7, 11) is 1.52. The van der Waals surface area contributed by atoms with Gasteiger partial charge in [0.05, 0.1) is 25.3 Å². The highest BCUT2D eigenvalue weighted by molar-refractivity contribution is 8.14. The molecule has 120 valence electrons. The summed E-state index contributed by atoms with van der Waals surface area (Å²) in [5.41, 5.74) is 0.411. The molecule has 0 spiro atoms. The van der Waals surface area contributed by atoms with E-state index < -0.39 is 0 Å². The van der Waals surface area contributed by atoms with Gasteiger partial charge in [0.2, 0.25) is 0 Å². The molecule has 1 aliphatic rings. The van der Waals surface area contributed by atoms with Crippen LogP contribution in [0.3, 0.4) is 0 Å². The number of carbonyl (C=O) groups is 1. The summed E-state index contributed by atoms with van der Waals surface area (Å²) < 4.78 is 11.0. The van der Waals surface area contributed by atoms with Crippen LogP contribution in [0, 0.1) is 5.92 Å². The zero-order chi connectivity index (χ0) is 16.1. The Morgan fingerprint density at radius 3 is 2.86 bits per heavy atom. The number of nitrogens with one attached hydrogen (secondary N) is 1. The Balaban J connectivity index is 2.19. The molecule has 0 saturated carbocycles. The molecule has 1 amide bonds. The van der Waals surface area contributed by atoms with Gasteiger partial charge in [-0.25, -0.2) is 0 Å². The van der Waals surface area contributed by atoms with Crippen molar-refractivity contribution in [3.63, 3.8) is 0 Å². The van der Waals surface area contributed by atoms with Gasteiger partial charge in [0.1, 0.15) is 0 Å². The summed E-state index contributed by atoms with van der Waals surface area (Å²) in [6.45, 7) is 5.34. The quantitative estimate of drug-likeness (QED) is 0.892. The fraction of sp³-hybridized carbons (Fsp3) is 0.467. The predicted octanol–water partition coefficient (Wildman–Crippen LogP) is 3.22. The summed E-state index contributed by atoms with van der Waals surface area (Å²) in [4.78, 5) is 16.4. The highest BCUT2D eigenvalue weighted by Gasteiger charge is 2.18. The van der Waals surface area contributed by atoms with Crippen LogP contribution in [0.2, 0.25) is 5.02 Å². The lowest BCUT2D eigenvalue weighted by Crippen LogP contribution is -2.27. The van der Waals surface area contributed by atoms with Crippen molar-refractivity contribution in [2.24, 2.45) is 10.9 Å². The largest absolute Gasteiger partial charge is 0.493 e. The molecule has 0 aliphatic carbocycles. The Morgan fingerprint density at radius 2 is 2.27 bits per heavy atom. The maximum absolute atomic E-state index is 12.2. The highest BCUT2D eigenvalue weighted by Crippen LogP contribution is 2.36. The summed E-state index contributed by atoms with van der Waals surface area (Å²) >= 11 is 7.76. The van der Waals surface area contributed by atoms with E-state index in [4.69, 9.17) is 21.1 Å². The molecule has 1 N–H and O–H groups in total. The number of hydrogen-bond acceptors (Lipinski definition) is 5. The molecular weight excluding hydrogens is 324 g/mol. The second-order valence-electron chi connectivity index (χ2n) is 5.18. The van der Waals surface area contributed by atoms with E-state index in [2.05, 4.69) is 10.3 Å². The van der Waals surface area contributed by atoms with Crippen LogP contribution in [0.1, 0.15) is 24.2 Å². The first kappa shape index (κ1) is 17.0. The smallest absolute Gasteiger partial charge is 0.257 e. The molecule has 0 fully saturated rings. The number of thioether (sulfide) groups is 1. The number of amidine groups is 1. The van der Waals surface area contributed by atoms with Gasteiger partial charge in [-0.3, -0.25) is 9.79 Å². The van der Waals surface area contributed by atoms with Crippen LogP contribution in [-0.4, -0.2) is 37.1 Å². The summed E-state index contributed by atoms with van der Waals surface area (Å²) in [6.07, 6.45) is 0. The zero-order valence-corrected chi connectivity index (χ0v) is 14.4. The third-order valence-corrected chi connectivity index (χ3v) is 4.03. The summed E-state index contributed by atoms with van der Waals surface area (Å²) in [6, 6.07) is 3.20. The molecule has 2 rings (SSSR count). The molecule has 1 aromatic rings. The van der Waals surface area contributed by atoms with Crippen LogP contribution in [0.15, 0.2) is 17.1 Å². The summed E-state index contributed by atoms with van der Waals surface area (Å²) in [5.74, 6) is 1.90. The number of nitrogens with zero attached hydrogens (tertiary/aromatic N) is 1. The van der Waals surface area contributed by atoms with E-state index in [-0.39, 0.29) is 5.91 Å². The van der Waals surface area contributed by atoms with Gasteiger partial charge in [-0.1, -0.05) is 37.2 Å². The van der Waals surface area contributed by atoms with Gasteiger partial charge in [0, 0.05) is 11.3 Å². The number of hydrogen-bond donors (Lipinski definition) is 1. The standard InChI is InChI=1S/C15H19ClN2O3S/c1-9(2)8-21-13-11(16)6-10(7-12(13)20-3)14(19)18-15-17-4-5-22-15/h6-7,9H,4-5,8H2,1-3H3,(H,17,18,19). The number of carbonyl (C=O) groups excluding carboxylic acids is 1. The zero-order valence-electron chi connectivity index (χ0n) is 12.8. The third kappa shape index (κ3) is 4.30. The third-order valence-electron chi connectivity index (χ3n) is 2.86. The van der Waals surface area contributed by atoms with Gasteiger partial charge in [-0.2, -0.15) is 0 Å². The topological polar surface area (TPSA) is 59.9 Å². The Labute approximate surface area is 139 Å². The Hall–Kier alpha value is -1.40. The minimum absolute atomic E-state index is 0.260. The van der Waals surface area contributed by atoms with Gasteiger partial charge in [-0.15, -0.1) is 0 Å². The van der Waals surface area contributed by atoms with E-state index >= 15 is 0 Å². The lowest BCUT2D eigenvalue weighted by atomic mass is 10.2. The number of amides is 1. The van der Waals surface area contributed by atoms with Crippen LogP contribution < -0.4 is 14.8 Å². The fourth-order valence-electron chi connectivity index (χ4n) is 1.82. The minimum atomic E-state index is -0.260. The fourth-order valence-corrected chi connectivity index (χ4v) is 2.81. The molecule has 1 heterocycles. The van der Waals surface area contributed by atoms with Crippen molar-refractivity contribution in [3.05, 3.63) is 22.7 Å². The van der Waals surface area contributed by atoms with Gasteiger partial charge >= 0.3 is 0 Å². The van der Waals surface area contributed by atoms with E-state index in [1.54, 1.807) is 12.1 Å². The van der Waals surface area contributed by atoms with Gasteiger partial charge < -0.3 is 14.8 Å². The lowest BCUT2D eigenvalue weighted by molar-refractivity contribution is 0.0977. The van der Waals surface area contributed by atoms with Crippen LogP contribution in [0.25, 0.3) is 0 Å². The maximum Gasteiger partial charge on any atom is 0.257 e. The number of ether oxygens (including phenoxy) is 2. The van der Waals surface area contributed by atoms with E-state index in [0.29, 0.717) is 39.8 Å². The van der Waals surface area contributed by atoms with Gasteiger partial charge in [-0.05, 0) is 18.1 Å². The molecular formula is C15H19ClN2O3S. The van der Waals surface area contributed by atoms with Gasteiger partial charge in [0.15, 0.2) is 16.7 Å². The summed E-state index contributed by atoms with van der Waals surface area (Å²) in [5, 5.41) is 3.75. The van der Waals surface area contributed by atoms with Crippen molar-refractivity contribution in [3.8, 4) is 11.5 Å². The van der Waals surface area contributed by atoms with Crippen LogP contribution in [0.5, 0.6) is 11.5 Å². The predicted molar refractivity (Wildman–Crippen MR) is 90.6 cm³/mol. The van der Waals surface area contributed by atoms with Crippen molar-refractivity contribution in [2.75, 3.05) is 26.0 Å². The van der Waals surface area contributed by atoms with Crippen LogP contribution in [-0.2, 0) is 0 Å². The number of aliphatic imine (C=N–C) groups is 1. The maximum atomic E-state index is 12.2. The average molecular weight is 343 g/mol. The van der Waals surface area contributed by atoms with Crippen molar-refractivity contribution < 1.29 is 14.3 Å². The van der Waals surface area contributed by atoms with Gasteiger partial charge in [0.25, 0.3) is 5.91 Å². The number of methoxy groups -OCH3 is 1. The Morgan fingerprint density at radius 1 is 1.50 bits per heavy atom. The SMILES string of the molecule is COc1cc(C(=O)NC2=NCCS2)cc(Cl)c1OCC(C)C. The van der Waals surface area contributed by atoms with Crippen LogP contribution >= 0.6 is 23.4 Å². The molecule has 0 unspecified atom stereocenters. The molecule has 1 aromatic carbocycles. The highest BCUT2D eigenvalue weighted by atomic mass is 35.5. The number of halogens is 1. The van der Waals surface area contributed by atoms with Crippen molar-refractivity contribution in [1.29, 1.82) is 0 Å². The molecule has 22 heavy (non-hydrogen) atoms. The molecule has 1 aliphatic heterocycles. The number of benzene rings is 1.